The van der Waals surface area contributed by atoms with Gasteiger partial charge in [0.05, 0.1) is 24.5 Å². The molecule has 0 aromatic rings. The van der Waals surface area contributed by atoms with Crippen molar-refractivity contribution in [3.8, 4) is 0 Å². The van der Waals surface area contributed by atoms with E-state index in [2.05, 4.69) is 5.32 Å². The van der Waals surface area contributed by atoms with Gasteiger partial charge in [-0.05, 0) is 5.41 Å². The number of methoxy groups -OCH3 is 1. The van der Waals surface area contributed by atoms with Crippen LogP contribution in [-0.2, 0) is 14.3 Å². The summed E-state index contributed by atoms with van der Waals surface area (Å²) in [6, 6.07) is 0. The normalized spacial score (nSPS) is 27.3. The van der Waals surface area contributed by atoms with Gasteiger partial charge in [0.1, 0.15) is 0 Å². The van der Waals surface area contributed by atoms with Crippen LogP contribution in [0.2, 0.25) is 0 Å². The van der Waals surface area contributed by atoms with E-state index in [0.29, 0.717) is 0 Å². The molecule has 3 N–H and O–H groups in total. The van der Waals surface area contributed by atoms with Gasteiger partial charge in [0.15, 0.2) is 0 Å². The van der Waals surface area contributed by atoms with Crippen molar-refractivity contribution in [3.63, 3.8) is 0 Å². The Kier molecular flexibility index (Phi) is 4.11. The number of aliphatic hydroxyl groups is 1. The third kappa shape index (κ3) is 2.95. The van der Waals surface area contributed by atoms with Crippen LogP contribution in [0, 0.1) is 17.3 Å². The van der Waals surface area contributed by atoms with Crippen molar-refractivity contribution in [2.75, 3.05) is 20.3 Å². The Morgan fingerprint density at radius 3 is 2.41 bits per heavy atom. The van der Waals surface area contributed by atoms with E-state index in [1.807, 2.05) is 0 Å². The van der Waals surface area contributed by atoms with E-state index >= 15 is 0 Å². The van der Waals surface area contributed by atoms with Crippen LogP contribution in [0.3, 0.4) is 0 Å². The molecule has 0 saturated heterocycles. The van der Waals surface area contributed by atoms with Crippen LogP contribution in [0.5, 0.6) is 0 Å². The topological polar surface area (TPSA) is 95.9 Å². The van der Waals surface area contributed by atoms with Gasteiger partial charge in [-0.25, -0.2) is 0 Å². The molecule has 98 valence electrons. The third-order valence-corrected chi connectivity index (χ3v) is 3.25. The molecule has 1 aliphatic carbocycles. The molecule has 1 rings (SSSR count). The van der Waals surface area contributed by atoms with Gasteiger partial charge in [-0.2, -0.15) is 0 Å². The van der Waals surface area contributed by atoms with Gasteiger partial charge in [0.25, 0.3) is 0 Å². The van der Waals surface area contributed by atoms with Crippen molar-refractivity contribution in [2.45, 2.75) is 20.0 Å². The summed E-state index contributed by atoms with van der Waals surface area (Å²) in [4.78, 5) is 22.6. The number of aliphatic hydroxyl groups excluding tert-OH is 1. The number of rotatable bonds is 6. The number of aliphatic carboxylic acids is 1. The second-order valence-electron chi connectivity index (χ2n) is 4.97. The average molecular weight is 245 g/mol. The van der Waals surface area contributed by atoms with Crippen LogP contribution >= 0.6 is 0 Å². The van der Waals surface area contributed by atoms with Crippen LogP contribution in [-0.4, -0.2) is 48.5 Å². The number of carboxylic acids is 1. The van der Waals surface area contributed by atoms with E-state index in [9.17, 15) is 14.7 Å². The minimum absolute atomic E-state index is 0.0750. The maximum atomic E-state index is 11.7. The number of hydrogen-bond donors (Lipinski definition) is 3. The minimum Gasteiger partial charge on any atom is -0.481 e. The highest BCUT2D eigenvalue weighted by atomic mass is 16.5. The van der Waals surface area contributed by atoms with Crippen molar-refractivity contribution in [2.24, 2.45) is 17.3 Å². The zero-order valence-electron chi connectivity index (χ0n) is 10.3. The smallest absolute Gasteiger partial charge is 0.307 e. The van der Waals surface area contributed by atoms with Crippen molar-refractivity contribution in [1.82, 2.24) is 5.32 Å². The molecule has 0 aliphatic heterocycles. The minimum atomic E-state index is -0.951. The number of ether oxygens (including phenoxy) is 1. The van der Waals surface area contributed by atoms with Gasteiger partial charge in [-0.3, -0.25) is 9.59 Å². The van der Waals surface area contributed by atoms with E-state index in [1.54, 1.807) is 13.8 Å². The number of amides is 1. The maximum Gasteiger partial charge on any atom is 0.307 e. The first kappa shape index (κ1) is 13.9. The first-order chi connectivity index (χ1) is 7.82. The molecule has 0 heterocycles. The fraction of sp³-hybridized carbons (Fsp3) is 0.818. The van der Waals surface area contributed by atoms with E-state index in [-0.39, 0.29) is 19.1 Å². The summed E-state index contributed by atoms with van der Waals surface area (Å²) >= 11 is 0. The molecule has 0 radical (unpaired) electrons. The van der Waals surface area contributed by atoms with Crippen molar-refractivity contribution in [1.29, 1.82) is 0 Å². The predicted octanol–water partition coefficient (Wildman–Crippen LogP) is -0.533. The Bertz CT molecular complexity index is 315. The molecule has 17 heavy (non-hydrogen) atoms. The molecule has 6 heteroatoms. The molecule has 0 spiro atoms. The molecular weight excluding hydrogens is 226 g/mol. The standard InChI is InChI=1S/C11H19NO5/c1-11(2)7(8(11)10(15)16)9(14)12-4-6(13)5-17-3/h6-8,13H,4-5H2,1-3H3,(H,12,14)(H,15,16)/t6?,7-,8+/m1/s1. The lowest BCUT2D eigenvalue weighted by Gasteiger charge is -2.11. The molecular formula is C11H19NO5. The Labute approximate surface area is 100.0 Å². The molecule has 3 atom stereocenters. The lowest BCUT2D eigenvalue weighted by atomic mass is 10.1. The number of hydrogen-bond acceptors (Lipinski definition) is 4. The summed E-state index contributed by atoms with van der Waals surface area (Å²) in [5.41, 5.74) is -0.512. The molecule has 1 aliphatic rings. The fourth-order valence-electron chi connectivity index (χ4n) is 2.17. The van der Waals surface area contributed by atoms with Crippen LogP contribution in [0.25, 0.3) is 0 Å². The van der Waals surface area contributed by atoms with E-state index in [1.165, 1.54) is 7.11 Å². The average Bonchev–Trinajstić information content (AvgIpc) is 2.79. The van der Waals surface area contributed by atoms with Gasteiger partial charge in [0.2, 0.25) is 5.91 Å². The first-order valence-corrected chi connectivity index (χ1v) is 5.50. The molecule has 0 aromatic carbocycles. The summed E-state index contributed by atoms with van der Waals surface area (Å²) in [6.07, 6.45) is -0.769. The lowest BCUT2D eigenvalue weighted by Crippen LogP contribution is -2.36. The van der Waals surface area contributed by atoms with E-state index < -0.39 is 29.3 Å². The molecule has 1 saturated carbocycles. The Morgan fingerprint density at radius 1 is 1.41 bits per heavy atom. The Hall–Kier alpha value is -1.14. The molecule has 0 aromatic heterocycles. The van der Waals surface area contributed by atoms with Crippen LogP contribution in [0.4, 0.5) is 0 Å². The molecule has 1 unspecified atom stereocenters. The van der Waals surface area contributed by atoms with Gasteiger partial charge in [-0.15, -0.1) is 0 Å². The molecule has 0 bridgehead atoms. The monoisotopic (exact) mass is 245 g/mol. The van der Waals surface area contributed by atoms with E-state index in [0.717, 1.165) is 0 Å². The first-order valence-electron chi connectivity index (χ1n) is 5.50. The summed E-state index contributed by atoms with van der Waals surface area (Å²) in [7, 11) is 1.45. The SMILES string of the molecule is COCC(O)CNC(=O)[C@H]1[C@@H](C(=O)O)C1(C)C. The van der Waals surface area contributed by atoms with Crippen LogP contribution in [0.1, 0.15) is 13.8 Å². The highest BCUT2D eigenvalue weighted by Crippen LogP contribution is 2.58. The number of carbonyl (C=O) groups excluding carboxylic acids is 1. The van der Waals surface area contributed by atoms with Crippen molar-refractivity contribution >= 4 is 11.9 Å². The summed E-state index contributed by atoms with van der Waals surface area (Å²) in [6.45, 7) is 3.71. The van der Waals surface area contributed by atoms with Crippen LogP contribution < -0.4 is 5.32 Å². The summed E-state index contributed by atoms with van der Waals surface area (Å²) < 4.78 is 4.72. The zero-order valence-corrected chi connectivity index (χ0v) is 10.3. The highest BCUT2D eigenvalue weighted by molar-refractivity contribution is 5.91. The number of carboxylic acid groups (broad SMARTS) is 1. The fourth-order valence-corrected chi connectivity index (χ4v) is 2.17. The molecule has 1 fully saturated rings. The van der Waals surface area contributed by atoms with Gasteiger partial charge >= 0.3 is 5.97 Å². The van der Waals surface area contributed by atoms with Gasteiger partial charge in [0, 0.05) is 13.7 Å². The van der Waals surface area contributed by atoms with E-state index in [4.69, 9.17) is 9.84 Å². The Balaban J connectivity index is 2.43. The third-order valence-electron chi connectivity index (χ3n) is 3.25. The van der Waals surface area contributed by atoms with Gasteiger partial charge < -0.3 is 20.3 Å². The van der Waals surface area contributed by atoms with Crippen LogP contribution in [0.15, 0.2) is 0 Å². The number of carbonyl (C=O) groups is 2. The highest BCUT2D eigenvalue weighted by Gasteiger charge is 2.65. The van der Waals surface area contributed by atoms with Gasteiger partial charge in [-0.1, -0.05) is 13.8 Å². The largest absolute Gasteiger partial charge is 0.481 e. The Morgan fingerprint density at radius 2 is 2.00 bits per heavy atom. The maximum absolute atomic E-state index is 11.7. The number of nitrogens with one attached hydrogen (secondary N) is 1. The lowest BCUT2D eigenvalue weighted by molar-refractivity contribution is -0.140. The summed E-state index contributed by atoms with van der Waals surface area (Å²) in [5, 5.41) is 20.8. The molecule has 1 amide bonds. The second-order valence-corrected chi connectivity index (χ2v) is 4.97. The second kappa shape index (κ2) is 5.01. The quantitative estimate of drug-likeness (QED) is 0.584. The summed E-state index contributed by atoms with van der Waals surface area (Å²) in [5.74, 6) is -2.43. The van der Waals surface area contributed by atoms with Crippen molar-refractivity contribution in [3.05, 3.63) is 0 Å². The molecule has 6 nitrogen and oxygen atoms in total. The van der Waals surface area contributed by atoms with Crippen molar-refractivity contribution < 1.29 is 24.5 Å². The predicted molar refractivity (Wildman–Crippen MR) is 59.3 cm³/mol. The zero-order chi connectivity index (χ0) is 13.2.